The largest absolute Gasteiger partial charge is 0.370 e. The molecule has 0 aliphatic carbocycles. The van der Waals surface area contributed by atoms with Crippen molar-refractivity contribution in [3.05, 3.63) is 0 Å². The summed E-state index contributed by atoms with van der Waals surface area (Å²) in [4.78, 5) is 7.98. The molecule has 5 nitrogen and oxygen atoms in total. The fourth-order valence-corrected chi connectivity index (χ4v) is 2.38. The monoisotopic (exact) mass is 347 g/mol. The molecule has 0 fully saturated rings. The second-order valence-electron chi connectivity index (χ2n) is 5.89. The summed E-state index contributed by atoms with van der Waals surface area (Å²) in [5.41, 5.74) is 11.2. The van der Waals surface area contributed by atoms with Crippen molar-refractivity contribution in [2.75, 3.05) is 13.6 Å². The van der Waals surface area contributed by atoms with Gasteiger partial charge in [-0.25, -0.2) is 0 Å². The van der Waals surface area contributed by atoms with Crippen molar-refractivity contribution < 1.29 is 0 Å². The van der Waals surface area contributed by atoms with Crippen LogP contribution in [-0.4, -0.2) is 25.5 Å². The highest BCUT2D eigenvalue weighted by atomic mass is 35.5. The number of aliphatic imine (C=N–C) groups is 2. The number of nitrogens with two attached hydrogens (primary N) is 2. The van der Waals surface area contributed by atoms with E-state index >= 15 is 0 Å². The summed E-state index contributed by atoms with van der Waals surface area (Å²) in [6.45, 7) is 3.03. The Morgan fingerprint density at radius 1 is 0.739 bits per heavy atom. The van der Waals surface area contributed by atoms with E-state index in [0.717, 1.165) is 13.0 Å². The van der Waals surface area contributed by atoms with Gasteiger partial charge < -0.3 is 11.5 Å². The Balaban J connectivity index is 0. The quantitative estimate of drug-likeness (QED) is 0.267. The topological polar surface area (TPSA) is 88.8 Å². The van der Waals surface area contributed by atoms with Gasteiger partial charge in [-0.15, -0.1) is 12.4 Å². The number of nitrogens with one attached hydrogen (secondary N) is 1. The first-order valence-corrected chi connectivity index (χ1v) is 9.00. The van der Waals surface area contributed by atoms with E-state index in [1.807, 2.05) is 0 Å². The number of hydrogen-bond donors (Lipinski definition) is 3. The van der Waals surface area contributed by atoms with E-state index in [1.54, 1.807) is 7.05 Å². The van der Waals surface area contributed by atoms with Crippen molar-refractivity contribution in [1.82, 2.24) is 5.32 Å². The van der Waals surface area contributed by atoms with Crippen LogP contribution in [0.3, 0.4) is 0 Å². The third-order valence-corrected chi connectivity index (χ3v) is 3.79. The lowest BCUT2D eigenvalue weighted by atomic mass is 10.1. The van der Waals surface area contributed by atoms with Gasteiger partial charge in [-0.1, -0.05) is 77.6 Å². The van der Waals surface area contributed by atoms with E-state index in [2.05, 4.69) is 22.2 Å². The first-order chi connectivity index (χ1) is 10.7. The van der Waals surface area contributed by atoms with Crippen LogP contribution in [0, 0.1) is 0 Å². The third kappa shape index (κ3) is 19.0. The SMILES string of the molecule is CCCCCCCCCCCCCCN=C(N)NC(N)=NC.Cl. The van der Waals surface area contributed by atoms with E-state index in [1.165, 1.54) is 70.6 Å². The van der Waals surface area contributed by atoms with Crippen molar-refractivity contribution in [2.24, 2.45) is 21.5 Å². The molecular formula is C17H38ClN5. The molecule has 0 radical (unpaired) electrons. The average Bonchev–Trinajstić information content (AvgIpc) is 2.51. The second-order valence-corrected chi connectivity index (χ2v) is 5.89. The van der Waals surface area contributed by atoms with Crippen LogP contribution in [0.2, 0.25) is 0 Å². The summed E-state index contributed by atoms with van der Waals surface area (Å²) in [5.74, 6) is 0.655. The summed E-state index contributed by atoms with van der Waals surface area (Å²) in [6.07, 6.45) is 16.2. The zero-order valence-electron chi connectivity index (χ0n) is 15.1. The summed E-state index contributed by atoms with van der Waals surface area (Å²) in [6, 6.07) is 0. The van der Waals surface area contributed by atoms with Crippen LogP contribution in [0.1, 0.15) is 84.0 Å². The Morgan fingerprint density at radius 2 is 1.17 bits per heavy atom. The van der Waals surface area contributed by atoms with E-state index < -0.39 is 0 Å². The van der Waals surface area contributed by atoms with Gasteiger partial charge in [0.05, 0.1) is 0 Å². The van der Waals surface area contributed by atoms with Crippen LogP contribution in [0.15, 0.2) is 9.98 Å². The molecule has 138 valence electrons. The van der Waals surface area contributed by atoms with Gasteiger partial charge in [-0.3, -0.25) is 15.3 Å². The van der Waals surface area contributed by atoms with Crippen molar-refractivity contribution >= 4 is 24.3 Å². The molecule has 0 saturated carbocycles. The van der Waals surface area contributed by atoms with E-state index in [-0.39, 0.29) is 12.4 Å². The number of hydrogen-bond acceptors (Lipinski definition) is 2. The third-order valence-electron chi connectivity index (χ3n) is 3.79. The molecule has 0 unspecified atom stereocenters. The fourth-order valence-electron chi connectivity index (χ4n) is 2.38. The maximum atomic E-state index is 5.67. The Hall–Kier alpha value is -0.970. The molecule has 5 N–H and O–H groups in total. The van der Waals surface area contributed by atoms with Gasteiger partial charge in [0.15, 0.2) is 11.9 Å². The van der Waals surface area contributed by atoms with Crippen LogP contribution >= 0.6 is 12.4 Å². The number of nitrogens with zero attached hydrogens (tertiary/aromatic N) is 2. The summed E-state index contributed by atoms with van der Waals surface area (Å²) in [7, 11) is 1.61. The van der Waals surface area contributed by atoms with Crippen LogP contribution < -0.4 is 16.8 Å². The smallest absolute Gasteiger partial charge is 0.195 e. The van der Waals surface area contributed by atoms with Crippen molar-refractivity contribution in [2.45, 2.75) is 84.0 Å². The first-order valence-electron chi connectivity index (χ1n) is 9.00. The molecule has 0 heterocycles. The maximum Gasteiger partial charge on any atom is 0.195 e. The summed E-state index contributed by atoms with van der Waals surface area (Å²) < 4.78 is 0. The predicted octanol–water partition coefficient (Wildman–Crippen LogP) is 3.96. The lowest BCUT2D eigenvalue weighted by Gasteiger charge is -2.04. The molecule has 0 aliphatic heterocycles. The molecule has 0 aromatic heterocycles. The predicted molar refractivity (Wildman–Crippen MR) is 105 cm³/mol. The number of unbranched alkanes of at least 4 members (excludes halogenated alkanes) is 11. The number of halogens is 1. The van der Waals surface area contributed by atoms with Crippen LogP contribution in [0.25, 0.3) is 0 Å². The minimum Gasteiger partial charge on any atom is -0.370 e. The molecule has 0 bridgehead atoms. The van der Waals surface area contributed by atoms with Gasteiger partial charge in [-0.05, 0) is 6.42 Å². The number of guanidine groups is 2. The molecule has 0 saturated heterocycles. The van der Waals surface area contributed by atoms with Crippen LogP contribution in [0.4, 0.5) is 0 Å². The molecule has 0 rings (SSSR count). The molecule has 23 heavy (non-hydrogen) atoms. The van der Waals surface area contributed by atoms with Gasteiger partial charge in [0.1, 0.15) is 0 Å². The molecule has 0 aliphatic rings. The van der Waals surface area contributed by atoms with E-state index in [4.69, 9.17) is 11.5 Å². The van der Waals surface area contributed by atoms with E-state index in [9.17, 15) is 0 Å². The first kappa shape index (κ1) is 24.3. The molecule has 0 aromatic rings. The van der Waals surface area contributed by atoms with Gasteiger partial charge in [0, 0.05) is 13.6 Å². The molecule has 0 spiro atoms. The zero-order chi connectivity index (χ0) is 16.5. The van der Waals surface area contributed by atoms with Gasteiger partial charge in [0.2, 0.25) is 0 Å². The van der Waals surface area contributed by atoms with Crippen LogP contribution in [-0.2, 0) is 0 Å². The normalized spacial score (nSPS) is 12.1. The highest BCUT2D eigenvalue weighted by Gasteiger charge is 1.95. The van der Waals surface area contributed by atoms with Crippen molar-refractivity contribution in [1.29, 1.82) is 0 Å². The Kier molecular flexibility index (Phi) is 20.1. The summed E-state index contributed by atoms with van der Waals surface area (Å²) in [5, 5.41) is 2.73. The Morgan fingerprint density at radius 3 is 1.61 bits per heavy atom. The van der Waals surface area contributed by atoms with Gasteiger partial charge in [-0.2, -0.15) is 0 Å². The zero-order valence-corrected chi connectivity index (χ0v) is 16.0. The maximum absolute atomic E-state index is 5.67. The summed E-state index contributed by atoms with van der Waals surface area (Å²) >= 11 is 0. The highest BCUT2D eigenvalue weighted by Crippen LogP contribution is 2.11. The van der Waals surface area contributed by atoms with Crippen molar-refractivity contribution in [3.8, 4) is 0 Å². The van der Waals surface area contributed by atoms with Crippen molar-refractivity contribution in [3.63, 3.8) is 0 Å². The number of rotatable bonds is 13. The van der Waals surface area contributed by atoms with Crippen LogP contribution in [0.5, 0.6) is 0 Å². The minimum atomic E-state index is 0. The Bertz CT molecular complexity index is 305. The lowest BCUT2D eigenvalue weighted by molar-refractivity contribution is 0.545. The fraction of sp³-hybridized carbons (Fsp3) is 0.882. The average molecular weight is 348 g/mol. The minimum absolute atomic E-state index is 0. The molecule has 0 amide bonds. The molecular weight excluding hydrogens is 310 g/mol. The van der Waals surface area contributed by atoms with Gasteiger partial charge in [0.25, 0.3) is 0 Å². The Labute approximate surface area is 149 Å². The molecule has 0 atom stereocenters. The molecule has 0 aromatic carbocycles. The molecule has 6 heteroatoms. The second kappa shape index (κ2) is 19.1. The highest BCUT2D eigenvalue weighted by molar-refractivity contribution is 5.96. The lowest BCUT2D eigenvalue weighted by Crippen LogP contribution is -2.41. The van der Waals surface area contributed by atoms with Gasteiger partial charge >= 0.3 is 0 Å². The van der Waals surface area contributed by atoms with E-state index in [0.29, 0.717) is 11.9 Å². The standard InChI is InChI=1S/C17H37N5.ClH/c1-3-4-5-6-7-8-9-10-11-12-13-14-15-21-17(19)22-16(18)20-2;/h3-15H2,1-2H3,(H5,18,19,20,21,22);1H.